The molecule has 1 aliphatic rings. The maximum atomic E-state index is 12.1. The highest BCUT2D eigenvalue weighted by molar-refractivity contribution is 5.36. The maximum Gasteiger partial charge on any atom is 0.125 e. The zero-order valence-corrected chi connectivity index (χ0v) is 8.25. The Balaban J connectivity index is 0.000000146. The third-order valence-electron chi connectivity index (χ3n) is 2.25. The number of hydrogen-bond acceptors (Lipinski definition) is 2. The fourth-order valence-electron chi connectivity index (χ4n) is 1.46. The summed E-state index contributed by atoms with van der Waals surface area (Å²) in [5, 5.41) is 0. The van der Waals surface area contributed by atoms with E-state index in [-0.39, 0.29) is 5.82 Å². The minimum atomic E-state index is -0.287. The molecule has 3 heteroatoms. The summed E-state index contributed by atoms with van der Waals surface area (Å²) in [7, 11) is 0. The van der Waals surface area contributed by atoms with Crippen molar-refractivity contribution in [2.45, 2.75) is 31.7 Å². The molecule has 0 amide bonds. The van der Waals surface area contributed by atoms with E-state index in [4.69, 9.17) is 11.5 Å². The van der Waals surface area contributed by atoms with E-state index >= 15 is 0 Å². The predicted molar refractivity (Wildman–Crippen MR) is 57.3 cm³/mol. The molecule has 0 atom stereocenters. The first kappa shape index (κ1) is 11.0. The number of halogens is 1. The Morgan fingerprint density at radius 3 is 2.14 bits per heavy atom. The van der Waals surface area contributed by atoms with Crippen molar-refractivity contribution in [2.75, 3.05) is 5.73 Å². The highest BCUT2D eigenvalue weighted by atomic mass is 19.1. The van der Waals surface area contributed by atoms with Crippen molar-refractivity contribution in [3.05, 3.63) is 30.1 Å². The van der Waals surface area contributed by atoms with Gasteiger partial charge in [-0.2, -0.15) is 0 Å². The second-order valence-electron chi connectivity index (χ2n) is 3.60. The third-order valence-corrected chi connectivity index (χ3v) is 2.25. The molecule has 0 saturated heterocycles. The second kappa shape index (κ2) is 5.60. The number of benzene rings is 1. The second-order valence-corrected chi connectivity index (χ2v) is 3.60. The standard InChI is InChI=1S/C6H6FN.C5H11N/c7-5-2-1-3-6(8)4-5;6-5-3-1-2-4-5/h1-4H,8H2;5H,1-4,6H2. The Hall–Kier alpha value is -1.09. The summed E-state index contributed by atoms with van der Waals surface area (Å²) in [6.07, 6.45) is 5.25. The number of nitrogens with two attached hydrogens (primary N) is 2. The normalized spacial score (nSPS) is 16.1. The van der Waals surface area contributed by atoms with E-state index in [1.807, 2.05) is 0 Å². The smallest absolute Gasteiger partial charge is 0.125 e. The number of anilines is 1. The molecule has 78 valence electrons. The molecule has 0 aromatic heterocycles. The Kier molecular flexibility index (Phi) is 4.40. The van der Waals surface area contributed by atoms with Crippen molar-refractivity contribution < 1.29 is 4.39 Å². The van der Waals surface area contributed by atoms with Gasteiger partial charge in [-0.1, -0.05) is 18.9 Å². The molecule has 0 bridgehead atoms. The lowest BCUT2D eigenvalue weighted by Crippen LogP contribution is -2.13. The van der Waals surface area contributed by atoms with Crippen LogP contribution in [-0.2, 0) is 0 Å². The molecule has 0 heterocycles. The van der Waals surface area contributed by atoms with Gasteiger partial charge < -0.3 is 11.5 Å². The summed E-state index contributed by atoms with van der Waals surface area (Å²) in [5.74, 6) is -0.287. The largest absolute Gasteiger partial charge is 0.399 e. The minimum absolute atomic E-state index is 0.287. The van der Waals surface area contributed by atoms with Gasteiger partial charge in [0.05, 0.1) is 0 Å². The minimum Gasteiger partial charge on any atom is -0.399 e. The van der Waals surface area contributed by atoms with Crippen molar-refractivity contribution in [2.24, 2.45) is 5.73 Å². The lowest BCUT2D eigenvalue weighted by atomic mass is 10.3. The lowest BCUT2D eigenvalue weighted by molar-refractivity contribution is 0.628. The van der Waals surface area contributed by atoms with Crippen LogP contribution >= 0.6 is 0 Å². The summed E-state index contributed by atoms with van der Waals surface area (Å²) >= 11 is 0. The van der Waals surface area contributed by atoms with E-state index in [1.165, 1.54) is 37.8 Å². The van der Waals surface area contributed by atoms with Crippen LogP contribution in [0, 0.1) is 5.82 Å². The van der Waals surface area contributed by atoms with Crippen molar-refractivity contribution in [3.8, 4) is 0 Å². The molecule has 1 aliphatic carbocycles. The quantitative estimate of drug-likeness (QED) is 0.625. The summed E-state index contributed by atoms with van der Waals surface area (Å²) in [5.41, 5.74) is 11.2. The first-order valence-corrected chi connectivity index (χ1v) is 4.95. The Morgan fingerprint density at radius 1 is 1.21 bits per heavy atom. The molecule has 14 heavy (non-hydrogen) atoms. The molecule has 0 unspecified atom stereocenters. The zero-order valence-electron chi connectivity index (χ0n) is 8.25. The fraction of sp³-hybridized carbons (Fsp3) is 0.455. The van der Waals surface area contributed by atoms with Gasteiger partial charge in [0.15, 0.2) is 0 Å². The number of hydrogen-bond donors (Lipinski definition) is 2. The van der Waals surface area contributed by atoms with Crippen LogP contribution in [0.1, 0.15) is 25.7 Å². The van der Waals surface area contributed by atoms with Gasteiger partial charge in [0.25, 0.3) is 0 Å². The zero-order chi connectivity index (χ0) is 10.4. The fourth-order valence-corrected chi connectivity index (χ4v) is 1.46. The van der Waals surface area contributed by atoms with Crippen molar-refractivity contribution in [3.63, 3.8) is 0 Å². The van der Waals surface area contributed by atoms with Crippen LogP contribution in [0.3, 0.4) is 0 Å². The molecule has 2 nitrogen and oxygen atoms in total. The summed E-state index contributed by atoms with van der Waals surface area (Å²) in [4.78, 5) is 0. The van der Waals surface area contributed by atoms with Crippen LogP contribution in [0.25, 0.3) is 0 Å². The molecule has 0 spiro atoms. The van der Waals surface area contributed by atoms with Crippen LogP contribution in [0.15, 0.2) is 24.3 Å². The van der Waals surface area contributed by atoms with E-state index in [1.54, 1.807) is 12.1 Å². The van der Waals surface area contributed by atoms with E-state index in [9.17, 15) is 4.39 Å². The average molecular weight is 196 g/mol. The Labute approximate surface area is 84.1 Å². The maximum absolute atomic E-state index is 12.1. The molecular formula is C11H17FN2. The highest BCUT2D eigenvalue weighted by Gasteiger charge is 2.07. The van der Waals surface area contributed by atoms with E-state index in [0.717, 1.165) is 0 Å². The van der Waals surface area contributed by atoms with Crippen LogP contribution in [0.4, 0.5) is 10.1 Å². The van der Waals surface area contributed by atoms with E-state index in [0.29, 0.717) is 11.7 Å². The van der Waals surface area contributed by atoms with Crippen molar-refractivity contribution in [1.29, 1.82) is 0 Å². The molecule has 0 radical (unpaired) electrons. The molecular weight excluding hydrogens is 179 g/mol. The predicted octanol–water partition coefficient (Wildman–Crippen LogP) is 2.30. The van der Waals surface area contributed by atoms with Gasteiger partial charge >= 0.3 is 0 Å². The SMILES string of the molecule is NC1CCCC1.Nc1cccc(F)c1. The lowest BCUT2D eigenvalue weighted by Gasteiger charge is -1.92. The van der Waals surface area contributed by atoms with Crippen molar-refractivity contribution in [1.82, 2.24) is 0 Å². The van der Waals surface area contributed by atoms with Gasteiger partial charge in [0.2, 0.25) is 0 Å². The molecule has 4 N–H and O–H groups in total. The number of rotatable bonds is 0. The molecule has 1 saturated carbocycles. The number of nitrogen functional groups attached to an aromatic ring is 1. The van der Waals surface area contributed by atoms with Crippen LogP contribution in [-0.4, -0.2) is 6.04 Å². The van der Waals surface area contributed by atoms with E-state index in [2.05, 4.69) is 0 Å². The molecule has 1 fully saturated rings. The molecule has 0 aliphatic heterocycles. The molecule has 2 rings (SSSR count). The Morgan fingerprint density at radius 2 is 1.86 bits per heavy atom. The monoisotopic (exact) mass is 196 g/mol. The van der Waals surface area contributed by atoms with Crippen LogP contribution < -0.4 is 11.5 Å². The van der Waals surface area contributed by atoms with Gasteiger partial charge in [-0.3, -0.25) is 0 Å². The van der Waals surface area contributed by atoms with Crippen molar-refractivity contribution >= 4 is 5.69 Å². The first-order valence-electron chi connectivity index (χ1n) is 4.95. The average Bonchev–Trinajstić information content (AvgIpc) is 2.56. The summed E-state index contributed by atoms with van der Waals surface area (Å²) < 4.78 is 12.1. The molecule has 1 aromatic carbocycles. The van der Waals surface area contributed by atoms with Gasteiger partial charge in [0, 0.05) is 11.7 Å². The molecule has 1 aromatic rings. The first-order chi connectivity index (χ1) is 6.68. The highest BCUT2D eigenvalue weighted by Crippen LogP contribution is 2.14. The van der Waals surface area contributed by atoms with E-state index < -0.39 is 0 Å². The summed E-state index contributed by atoms with van der Waals surface area (Å²) in [6.45, 7) is 0. The third kappa shape index (κ3) is 4.23. The van der Waals surface area contributed by atoms with Gasteiger partial charge in [-0.15, -0.1) is 0 Å². The topological polar surface area (TPSA) is 52.0 Å². The van der Waals surface area contributed by atoms with Crippen LogP contribution in [0.2, 0.25) is 0 Å². The Bertz CT molecular complexity index is 252. The van der Waals surface area contributed by atoms with Gasteiger partial charge in [-0.05, 0) is 31.0 Å². The summed E-state index contributed by atoms with van der Waals surface area (Å²) in [6, 6.07) is 6.40. The van der Waals surface area contributed by atoms with Crippen LogP contribution in [0.5, 0.6) is 0 Å². The van der Waals surface area contributed by atoms with Gasteiger partial charge in [0.1, 0.15) is 5.82 Å². The van der Waals surface area contributed by atoms with Gasteiger partial charge in [-0.25, -0.2) is 4.39 Å².